The molecule has 0 saturated carbocycles. The van der Waals surface area contributed by atoms with Crippen LogP contribution in [0.2, 0.25) is 0 Å². The van der Waals surface area contributed by atoms with Gasteiger partial charge in [0.15, 0.2) is 11.5 Å². The molecule has 0 amide bonds. The predicted octanol–water partition coefficient (Wildman–Crippen LogP) is 2.26. The molecule has 0 spiro atoms. The van der Waals surface area contributed by atoms with Crippen LogP contribution in [0.25, 0.3) is 0 Å². The van der Waals surface area contributed by atoms with Crippen molar-refractivity contribution in [2.24, 2.45) is 0 Å². The Morgan fingerprint density at radius 1 is 1.12 bits per heavy atom. The molecule has 2 rings (SSSR count). The van der Waals surface area contributed by atoms with Crippen LogP contribution in [0.15, 0.2) is 30.5 Å². The summed E-state index contributed by atoms with van der Waals surface area (Å²) in [6.07, 6.45) is 1.96. The number of benzene rings is 1. The monoisotopic (exact) mass is 232 g/mol. The number of rotatable bonds is 4. The summed E-state index contributed by atoms with van der Waals surface area (Å²) in [5.74, 6) is 1.49. The third kappa shape index (κ3) is 2.58. The number of aromatic nitrogens is 2. The summed E-state index contributed by atoms with van der Waals surface area (Å²) in [6.45, 7) is 2.71. The van der Waals surface area contributed by atoms with Gasteiger partial charge in [0.2, 0.25) is 0 Å². The molecule has 2 aromatic rings. The molecule has 4 heteroatoms. The Labute approximate surface area is 101 Å². The average Bonchev–Trinajstić information content (AvgIpc) is 2.74. The highest BCUT2D eigenvalue weighted by molar-refractivity contribution is 5.42. The summed E-state index contributed by atoms with van der Waals surface area (Å²) >= 11 is 0. The summed E-state index contributed by atoms with van der Waals surface area (Å²) in [6, 6.07) is 7.87. The Morgan fingerprint density at radius 3 is 2.47 bits per heavy atom. The SMILES string of the molecule is COc1ccc(Cn2ccc(C)n2)cc1OC. The van der Waals surface area contributed by atoms with Gasteiger partial charge in [-0.2, -0.15) is 5.10 Å². The van der Waals surface area contributed by atoms with Gasteiger partial charge in [0.25, 0.3) is 0 Å². The van der Waals surface area contributed by atoms with Crippen LogP contribution in [0.4, 0.5) is 0 Å². The van der Waals surface area contributed by atoms with Gasteiger partial charge in [-0.3, -0.25) is 4.68 Å². The van der Waals surface area contributed by atoms with Crippen LogP contribution in [-0.2, 0) is 6.54 Å². The molecule has 0 bridgehead atoms. The van der Waals surface area contributed by atoms with Crippen LogP contribution in [0.5, 0.6) is 11.5 Å². The van der Waals surface area contributed by atoms with E-state index in [9.17, 15) is 0 Å². The standard InChI is InChI=1S/C13H16N2O2/c1-10-6-7-15(14-10)9-11-4-5-12(16-2)13(8-11)17-3/h4-8H,9H2,1-3H3. The minimum Gasteiger partial charge on any atom is -0.493 e. The maximum Gasteiger partial charge on any atom is 0.161 e. The fourth-order valence-electron chi connectivity index (χ4n) is 1.72. The molecule has 1 aromatic carbocycles. The van der Waals surface area contributed by atoms with Gasteiger partial charge >= 0.3 is 0 Å². The van der Waals surface area contributed by atoms with Crippen LogP contribution in [0.3, 0.4) is 0 Å². The number of ether oxygens (including phenoxy) is 2. The minimum atomic E-state index is 0.730. The van der Waals surface area contributed by atoms with E-state index in [2.05, 4.69) is 5.10 Å². The Hall–Kier alpha value is -1.97. The molecule has 90 valence electrons. The Balaban J connectivity index is 2.22. The second-order valence-electron chi connectivity index (χ2n) is 3.84. The van der Waals surface area contributed by atoms with Gasteiger partial charge in [-0.05, 0) is 30.7 Å². The lowest BCUT2D eigenvalue weighted by Crippen LogP contribution is -2.01. The van der Waals surface area contributed by atoms with Gasteiger partial charge < -0.3 is 9.47 Å². The second kappa shape index (κ2) is 4.91. The van der Waals surface area contributed by atoms with Crippen molar-refractivity contribution in [2.45, 2.75) is 13.5 Å². The molecular formula is C13H16N2O2. The molecule has 1 aromatic heterocycles. The zero-order valence-corrected chi connectivity index (χ0v) is 10.3. The quantitative estimate of drug-likeness (QED) is 0.811. The number of hydrogen-bond donors (Lipinski definition) is 0. The highest BCUT2D eigenvalue weighted by atomic mass is 16.5. The first kappa shape index (κ1) is 11.5. The first-order chi connectivity index (χ1) is 8.22. The van der Waals surface area contributed by atoms with Crippen molar-refractivity contribution >= 4 is 0 Å². The van der Waals surface area contributed by atoms with Gasteiger partial charge in [-0.1, -0.05) is 6.07 Å². The Bertz CT molecular complexity index is 506. The van der Waals surface area contributed by atoms with E-state index in [0.717, 1.165) is 29.3 Å². The van der Waals surface area contributed by atoms with Crippen LogP contribution in [-0.4, -0.2) is 24.0 Å². The average molecular weight is 232 g/mol. The largest absolute Gasteiger partial charge is 0.493 e. The van der Waals surface area contributed by atoms with Gasteiger partial charge in [0.05, 0.1) is 26.5 Å². The third-order valence-electron chi connectivity index (χ3n) is 2.57. The number of hydrogen-bond acceptors (Lipinski definition) is 3. The second-order valence-corrected chi connectivity index (χ2v) is 3.84. The van der Waals surface area contributed by atoms with E-state index in [-0.39, 0.29) is 0 Å². The molecule has 0 saturated heterocycles. The maximum absolute atomic E-state index is 5.27. The first-order valence-corrected chi connectivity index (χ1v) is 5.44. The van der Waals surface area contributed by atoms with Crippen molar-refractivity contribution < 1.29 is 9.47 Å². The minimum absolute atomic E-state index is 0.730. The molecule has 0 aliphatic heterocycles. The zero-order chi connectivity index (χ0) is 12.3. The molecule has 0 aliphatic rings. The summed E-state index contributed by atoms with van der Waals surface area (Å²) in [5, 5.41) is 4.35. The van der Waals surface area contributed by atoms with E-state index < -0.39 is 0 Å². The van der Waals surface area contributed by atoms with Crippen molar-refractivity contribution in [3.8, 4) is 11.5 Å². The molecule has 0 N–H and O–H groups in total. The van der Waals surface area contributed by atoms with Crippen molar-refractivity contribution in [3.63, 3.8) is 0 Å². The van der Waals surface area contributed by atoms with E-state index >= 15 is 0 Å². The Morgan fingerprint density at radius 2 is 1.88 bits per heavy atom. The fourth-order valence-corrected chi connectivity index (χ4v) is 1.72. The molecule has 4 nitrogen and oxygen atoms in total. The lowest BCUT2D eigenvalue weighted by Gasteiger charge is -2.09. The van der Waals surface area contributed by atoms with E-state index in [1.165, 1.54) is 0 Å². The molecule has 0 radical (unpaired) electrons. The Kier molecular flexibility index (Phi) is 3.32. The normalized spacial score (nSPS) is 10.3. The van der Waals surface area contributed by atoms with Crippen molar-refractivity contribution in [2.75, 3.05) is 14.2 Å². The zero-order valence-electron chi connectivity index (χ0n) is 10.3. The van der Waals surface area contributed by atoms with Gasteiger partial charge in [-0.25, -0.2) is 0 Å². The van der Waals surface area contributed by atoms with Crippen LogP contribution in [0, 0.1) is 6.92 Å². The van der Waals surface area contributed by atoms with Crippen molar-refractivity contribution in [1.29, 1.82) is 0 Å². The van der Waals surface area contributed by atoms with Crippen LogP contribution >= 0.6 is 0 Å². The topological polar surface area (TPSA) is 36.3 Å². The third-order valence-corrected chi connectivity index (χ3v) is 2.57. The van der Waals surface area contributed by atoms with Crippen molar-refractivity contribution in [3.05, 3.63) is 41.7 Å². The summed E-state index contributed by atoms with van der Waals surface area (Å²) < 4.78 is 12.4. The summed E-state index contributed by atoms with van der Waals surface area (Å²) in [7, 11) is 3.27. The predicted molar refractivity (Wildman–Crippen MR) is 65.6 cm³/mol. The van der Waals surface area contributed by atoms with Crippen LogP contribution in [0.1, 0.15) is 11.3 Å². The fraction of sp³-hybridized carbons (Fsp3) is 0.308. The van der Waals surface area contributed by atoms with Crippen molar-refractivity contribution in [1.82, 2.24) is 9.78 Å². The van der Waals surface area contributed by atoms with Crippen LogP contribution < -0.4 is 9.47 Å². The van der Waals surface area contributed by atoms with Gasteiger partial charge in [0.1, 0.15) is 0 Å². The lowest BCUT2D eigenvalue weighted by atomic mass is 10.2. The van der Waals surface area contributed by atoms with E-state index in [1.54, 1.807) is 14.2 Å². The first-order valence-electron chi connectivity index (χ1n) is 5.44. The highest BCUT2D eigenvalue weighted by Crippen LogP contribution is 2.27. The van der Waals surface area contributed by atoms with Gasteiger partial charge in [0, 0.05) is 6.20 Å². The number of aryl methyl sites for hydroxylation is 1. The maximum atomic E-state index is 5.27. The molecule has 1 heterocycles. The number of methoxy groups -OCH3 is 2. The molecule has 0 atom stereocenters. The summed E-state index contributed by atoms with van der Waals surface area (Å²) in [5.41, 5.74) is 2.15. The molecule has 0 aliphatic carbocycles. The molecule has 0 unspecified atom stereocenters. The number of nitrogens with zero attached hydrogens (tertiary/aromatic N) is 2. The van der Waals surface area contributed by atoms with E-state index in [4.69, 9.17) is 9.47 Å². The smallest absolute Gasteiger partial charge is 0.161 e. The lowest BCUT2D eigenvalue weighted by molar-refractivity contribution is 0.354. The molecule has 0 fully saturated rings. The molecular weight excluding hydrogens is 216 g/mol. The van der Waals surface area contributed by atoms with E-state index in [1.807, 2.05) is 42.1 Å². The molecule has 17 heavy (non-hydrogen) atoms. The summed E-state index contributed by atoms with van der Waals surface area (Å²) in [4.78, 5) is 0. The van der Waals surface area contributed by atoms with Gasteiger partial charge in [-0.15, -0.1) is 0 Å². The highest BCUT2D eigenvalue weighted by Gasteiger charge is 2.05. The van der Waals surface area contributed by atoms with E-state index in [0.29, 0.717) is 0 Å².